The first-order valence-electron chi connectivity index (χ1n) is 6.67. The molecule has 0 bridgehead atoms. The van der Waals surface area contributed by atoms with Gasteiger partial charge in [0, 0.05) is 31.1 Å². The molecular formula is C17H14N2O2. The molecule has 0 amide bonds. The second-order valence-electron chi connectivity index (χ2n) is 4.86. The molecular weight excluding hydrogens is 264 g/mol. The Labute approximate surface area is 122 Å². The molecule has 1 aromatic heterocycles. The Morgan fingerprint density at radius 1 is 0.905 bits per heavy atom. The van der Waals surface area contributed by atoms with Crippen LogP contribution in [-0.4, -0.2) is 9.49 Å². The van der Waals surface area contributed by atoms with Crippen LogP contribution in [0.1, 0.15) is 5.56 Å². The molecule has 0 aliphatic rings. The van der Waals surface area contributed by atoms with Crippen LogP contribution >= 0.6 is 0 Å². The third-order valence-electron chi connectivity index (χ3n) is 3.37. The third-order valence-corrected chi connectivity index (χ3v) is 3.37. The summed E-state index contributed by atoms with van der Waals surface area (Å²) in [6, 6.07) is 18.9. The van der Waals surface area contributed by atoms with Gasteiger partial charge in [-0.2, -0.15) is 0 Å². The third kappa shape index (κ3) is 3.00. The highest BCUT2D eigenvalue weighted by molar-refractivity contribution is 5.64. The highest BCUT2D eigenvalue weighted by atomic mass is 16.6. The monoisotopic (exact) mass is 278 g/mol. The van der Waals surface area contributed by atoms with Crippen molar-refractivity contribution in [2.45, 2.75) is 6.54 Å². The Morgan fingerprint density at radius 3 is 2.29 bits per heavy atom. The van der Waals surface area contributed by atoms with Crippen molar-refractivity contribution in [1.82, 2.24) is 4.57 Å². The maximum Gasteiger partial charge on any atom is 0.269 e. The summed E-state index contributed by atoms with van der Waals surface area (Å²) in [4.78, 5) is 10.3. The first-order valence-corrected chi connectivity index (χ1v) is 6.67. The molecule has 0 saturated carbocycles. The van der Waals surface area contributed by atoms with Crippen LogP contribution < -0.4 is 0 Å². The van der Waals surface area contributed by atoms with Crippen molar-refractivity contribution < 1.29 is 4.92 Å². The molecule has 21 heavy (non-hydrogen) atoms. The highest BCUT2D eigenvalue weighted by Gasteiger charge is 2.06. The number of nitro groups is 1. The van der Waals surface area contributed by atoms with Crippen molar-refractivity contribution in [3.63, 3.8) is 0 Å². The van der Waals surface area contributed by atoms with Crippen LogP contribution in [0.5, 0.6) is 0 Å². The molecule has 2 aromatic carbocycles. The van der Waals surface area contributed by atoms with E-state index < -0.39 is 0 Å². The fraction of sp³-hybridized carbons (Fsp3) is 0.0588. The number of nitrogens with zero attached hydrogens (tertiary/aromatic N) is 2. The minimum Gasteiger partial charge on any atom is -0.349 e. The smallest absolute Gasteiger partial charge is 0.269 e. The van der Waals surface area contributed by atoms with Gasteiger partial charge in [-0.3, -0.25) is 10.1 Å². The Balaban J connectivity index is 1.80. The van der Waals surface area contributed by atoms with Gasteiger partial charge in [-0.15, -0.1) is 0 Å². The maximum absolute atomic E-state index is 10.7. The van der Waals surface area contributed by atoms with E-state index in [9.17, 15) is 10.1 Å². The van der Waals surface area contributed by atoms with Crippen LogP contribution in [0, 0.1) is 10.1 Å². The van der Waals surface area contributed by atoms with Gasteiger partial charge in [0.25, 0.3) is 5.69 Å². The fourth-order valence-electron chi connectivity index (χ4n) is 2.28. The lowest BCUT2D eigenvalue weighted by Crippen LogP contribution is -1.95. The zero-order valence-corrected chi connectivity index (χ0v) is 11.3. The summed E-state index contributed by atoms with van der Waals surface area (Å²) in [6.45, 7) is 0.813. The van der Waals surface area contributed by atoms with Crippen LogP contribution in [0.15, 0.2) is 73.1 Å². The molecule has 4 heteroatoms. The number of benzene rings is 2. The van der Waals surface area contributed by atoms with Crippen molar-refractivity contribution in [2.75, 3.05) is 0 Å². The molecule has 0 unspecified atom stereocenters. The molecule has 0 saturated heterocycles. The summed E-state index contributed by atoms with van der Waals surface area (Å²) >= 11 is 0. The summed E-state index contributed by atoms with van der Waals surface area (Å²) in [6.07, 6.45) is 4.07. The quantitative estimate of drug-likeness (QED) is 0.532. The second kappa shape index (κ2) is 5.63. The lowest BCUT2D eigenvalue weighted by atomic mass is 10.1. The van der Waals surface area contributed by atoms with Gasteiger partial charge in [0.2, 0.25) is 0 Å². The predicted molar refractivity (Wildman–Crippen MR) is 82.1 cm³/mol. The van der Waals surface area contributed by atoms with Gasteiger partial charge in [0.15, 0.2) is 0 Å². The Morgan fingerprint density at radius 2 is 1.62 bits per heavy atom. The van der Waals surface area contributed by atoms with Crippen LogP contribution in [0.4, 0.5) is 5.69 Å². The second-order valence-corrected chi connectivity index (χ2v) is 4.86. The maximum atomic E-state index is 10.7. The van der Waals surface area contributed by atoms with Crippen molar-refractivity contribution in [2.24, 2.45) is 0 Å². The minimum absolute atomic E-state index is 0.113. The number of hydrogen-bond donors (Lipinski definition) is 0. The molecule has 3 rings (SSSR count). The Hall–Kier alpha value is -2.88. The summed E-state index contributed by atoms with van der Waals surface area (Å²) in [5.74, 6) is 0. The first kappa shape index (κ1) is 13.1. The fourth-order valence-corrected chi connectivity index (χ4v) is 2.28. The average molecular weight is 278 g/mol. The van der Waals surface area contributed by atoms with Gasteiger partial charge in [0.1, 0.15) is 0 Å². The lowest BCUT2D eigenvalue weighted by molar-refractivity contribution is -0.384. The average Bonchev–Trinajstić information content (AvgIpc) is 2.97. The van der Waals surface area contributed by atoms with Crippen LogP contribution in [0.2, 0.25) is 0 Å². The molecule has 0 radical (unpaired) electrons. The zero-order chi connectivity index (χ0) is 14.7. The van der Waals surface area contributed by atoms with E-state index in [1.54, 1.807) is 12.1 Å². The van der Waals surface area contributed by atoms with Crippen molar-refractivity contribution in [1.29, 1.82) is 0 Å². The van der Waals surface area contributed by atoms with Crippen LogP contribution in [0.25, 0.3) is 11.1 Å². The molecule has 4 nitrogen and oxygen atoms in total. The van der Waals surface area contributed by atoms with Gasteiger partial charge in [0.05, 0.1) is 4.92 Å². The van der Waals surface area contributed by atoms with E-state index in [1.807, 2.05) is 36.7 Å². The molecule has 0 N–H and O–H groups in total. The molecule has 0 atom stereocenters. The van der Waals surface area contributed by atoms with Gasteiger partial charge in [-0.25, -0.2) is 0 Å². The zero-order valence-electron chi connectivity index (χ0n) is 11.3. The largest absolute Gasteiger partial charge is 0.349 e. The van der Waals surface area contributed by atoms with Crippen molar-refractivity contribution in [3.05, 3.63) is 88.7 Å². The van der Waals surface area contributed by atoms with Crippen LogP contribution in [-0.2, 0) is 6.54 Å². The normalized spacial score (nSPS) is 10.5. The number of rotatable bonds is 4. The van der Waals surface area contributed by atoms with Gasteiger partial charge < -0.3 is 4.57 Å². The van der Waals surface area contributed by atoms with E-state index in [-0.39, 0.29) is 10.6 Å². The van der Waals surface area contributed by atoms with Gasteiger partial charge >= 0.3 is 0 Å². The van der Waals surface area contributed by atoms with Gasteiger partial charge in [-0.1, -0.05) is 30.3 Å². The predicted octanol–water partition coefficient (Wildman–Crippen LogP) is 4.11. The lowest BCUT2D eigenvalue weighted by Gasteiger charge is -2.02. The van der Waals surface area contributed by atoms with E-state index in [0.29, 0.717) is 0 Å². The van der Waals surface area contributed by atoms with E-state index in [2.05, 4.69) is 16.7 Å². The summed E-state index contributed by atoms with van der Waals surface area (Å²) < 4.78 is 2.10. The Bertz CT molecular complexity index is 746. The summed E-state index contributed by atoms with van der Waals surface area (Å²) in [5.41, 5.74) is 3.39. The highest BCUT2D eigenvalue weighted by Crippen LogP contribution is 2.23. The Kier molecular flexibility index (Phi) is 3.51. The minimum atomic E-state index is -0.385. The van der Waals surface area contributed by atoms with E-state index in [1.165, 1.54) is 17.7 Å². The van der Waals surface area contributed by atoms with Crippen LogP contribution in [0.3, 0.4) is 0 Å². The molecule has 0 fully saturated rings. The topological polar surface area (TPSA) is 48.1 Å². The van der Waals surface area contributed by atoms with E-state index in [4.69, 9.17) is 0 Å². The number of nitro benzene ring substituents is 1. The molecule has 3 aromatic rings. The first-order chi connectivity index (χ1) is 10.2. The summed E-state index contributed by atoms with van der Waals surface area (Å²) in [7, 11) is 0. The van der Waals surface area contributed by atoms with Crippen molar-refractivity contribution >= 4 is 5.69 Å². The SMILES string of the molecule is O=[N+]([O-])c1ccc(-c2ccn(Cc3ccccc3)c2)cc1. The standard InChI is InChI=1S/C17H14N2O2/c20-19(21)17-8-6-15(7-9-17)16-10-11-18(13-16)12-14-4-2-1-3-5-14/h1-11,13H,12H2. The molecule has 0 spiro atoms. The molecule has 0 aliphatic carbocycles. The molecule has 0 aliphatic heterocycles. The van der Waals surface area contributed by atoms with E-state index in [0.717, 1.165) is 17.7 Å². The van der Waals surface area contributed by atoms with Gasteiger partial charge in [-0.05, 0) is 34.9 Å². The molecule has 104 valence electrons. The summed E-state index contributed by atoms with van der Waals surface area (Å²) in [5, 5.41) is 10.7. The number of non-ortho nitro benzene ring substituents is 1. The van der Waals surface area contributed by atoms with Crippen molar-refractivity contribution in [3.8, 4) is 11.1 Å². The number of hydrogen-bond acceptors (Lipinski definition) is 2. The number of aromatic nitrogens is 1. The van der Waals surface area contributed by atoms with E-state index >= 15 is 0 Å². The molecule has 1 heterocycles.